The molecule has 0 fully saturated rings. The lowest BCUT2D eigenvalue weighted by Crippen LogP contribution is -2.28. The van der Waals surface area contributed by atoms with Gasteiger partial charge in [-0.1, -0.05) is 12.1 Å². The minimum Gasteiger partial charge on any atom is -0.505 e. The predicted molar refractivity (Wildman–Crippen MR) is 117 cm³/mol. The normalized spacial score (nSPS) is 12.4. The maximum atomic E-state index is 13.4. The van der Waals surface area contributed by atoms with E-state index in [1.54, 1.807) is 26.0 Å². The summed E-state index contributed by atoms with van der Waals surface area (Å²) < 4.78 is 31.0. The van der Waals surface area contributed by atoms with E-state index in [-0.39, 0.29) is 53.2 Å². The average molecular weight is 464 g/mol. The molecule has 4 heterocycles. The molecule has 0 aliphatic carbocycles. The van der Waals surface area contributed by atoms with Crippen molar-refractivity contribution in [1.82, 2.24) is 19.7 Å². The SMILES string of the molecule is CCOC(=O)c1c(O)c2ncc(Cc3ccc(F)cc3)c3c2n(c1=O)C=C(c1nnc(C)o1)O3. The van der Waals surface area contributed by atoms with Gasteiger partial charge in [-0.25, -0.2) is 9.18 Å². The van der Waals surface area contributed by atoms with Crippen molar-refractivity contribution in [3.05, 3.63) is 75.1 Å². The molecule has 172 valence electrons. The second-order valence-electron chi connectivity index (χ2n) is 7.45. The zero-order valence-electron chi connectivity index (χ0n) is 18.0. The molecule has 3 aromatic heterocycles. The molecule has 10 nitrogen and oxygen atoms in total. The number of aromatic hydroxyl groups is 1. The predicted octanol–water partition coefficient (Wildman–Crippen LogP) is 3.05. The van der Waals surface area contributed by atoms with Crippen molar-refractivity contribution in [3.63, 3.8) is 0 Å². The first-order chi connectivity index (χ1) is 16.4. The van der Waals surface area contributed by atoms with Gasteiger partial charge in [-0.05, 0) is 24.6 Å². The van der Waals surface area contributed by atoms with Crippen LogP contribution in [-0.2, 0) is 11.2 Å². The molecule has 11 heteroatoms. The Bertz CT molecular complexity index is 1540. The first kappa shape index (κ1) is 21.3. The largest absolute Gasteiger partial charge is 0.505 e. The van der Waals surface area contributed by atoms with Crippen molar-refractivity contribution in [2.24, 2.45) is 0 Å². The van der Waals surface area contributed by atoms with Crippen LogP contribution >= 0.6 is 0 Å². The number of benzene rings is 1. The molecular formula is C23H17FN4O6. The van der Waals surface area contributed by atoms with Gasteiger partial charge in [-0.15, -0.1) is 10.2 Å². The molecule has 0 amide bonds. The third-order valence-corrected chi connectivity index (χ3v) is 5.20. The molecule has 0 saturated carbocycles. The summed E-state index contributed by atoms with van der Waals surface area (Å²) in [6, 6.07) is 5.88. The molecule has 0 spiro atoms. The molecule has 4 aromatic rings. The second-order valence-corrected chi connectivity index (χ2v) is 7.45. The first-order valence-electron chi connectivity index (χ1n) is 10.3. The number of halogens is 1. The van der Waals surface area contributed by atoms with Crippen LogP contribution in [0.4, 0.5) is 4.39 Å². The second kappa shape index (κ2) is 8.10. The van der Waals surface area contributed by atoms with Gasteiger partial charge in [-0.3, -0.25) is 14.3 Å². The van der Waals surface area contributed by atoms with Gasteiger partial charge in [0.25, 0.3) is 11.4 Å². The van der Waals surface area contributed by atoms with Gasteiger partial charge < -0.3 is 19.0 Å². The number of aromatic nitrogens is 4. The summed E-state index contributed by atoms with van der Waals surface area (Å²) in [7, 11) is 0. The van der Waals surface area contributed by atoms with Crippen molar-refractivity contribution in [2.45, 2.75) is 20.3 Å². The van der Waals surface area contributed by atoms with E-state index in [0.29, 0.717) is 5.56 Å². The van der Waals surface area contributed by atoms with Gasteiger partial charge in [0.05, 0.1) is 12.8 Å². The van der Waals surface area contributed by atoms with Crippen molar-refractivity contribution in [3.8, 4) is 11.5 Å². The molecule has 5 rings (SSSR count). The van der Waals surface area contributed by atoms with Crippen LogP contribution in [0.1, 0.15) is 40.2 Å². The summed E-state index contributed by atoms with van der Waals surface area (Å²) in [4.78, 5) is 30.0. The van der Waals surface area contributed by atoms with E-state index < -0.39 is 22.8 Å². The summed E-state index contributed by atoms with van der Waals surface area (Å²) in [5, 5.41) is 18.5. The Morgan fingerprint density at radius 3 is 2.68 bits per heavy atom. The van der Waals surface area contributed by atoms with Crippen LogP contribution in [0.5, 0.6) is 11.5 Å². The summed E-state index contributed by atoms with van der Waals surface area (Å²) in [6.07, 6.45) is 3.02. The van der Waals surface area contributed by atoms with Gasteiger partial charge in [0.2, 0.25) is 11.6 Å². The Hall–Kier alpha value is -4.54. The van der Waals surface area contributed by atoms with Gasteiger partial charge >= 0.3 is 5.97 Å². The summed E-state index contributed by atoms with van der Waals surface area (Å²) in [5.41, 5.74) is 0.0270. The Balaban J connectivity index is 1.77. The first-order valence-corrected chi connectivity index (χ1v) is 10.3. The fourth-order valence-corrected chi connectivity index (χ4v) is 3.68. The van der Waals surface area contributed by atoms with Gasteiger partial charge in [0.1, 0.15) is 16.9 Å². The number of carbonyl (C=O) groups is 1. The molecule has 1 N–H and O–H groups in total. The number of aryl methyl sites for hydroxylation is 1. The molecule has 1 aliphatic heterocycles. The number of nitrogens with zero attached hydrogens (tertiary/aromatic N) is 4. The summed E-state index contributed by atoms with van der Waals surface area (Å²) in [5.74, 6) is -1.42. The quantitative estimate of drug-likeness (QED) is 0.443. The number of carbonyl (C=O) groups excluding carboxylic acids is 1. The van der Waals surface area contributed by atoms with Crippen LogP contribution in [0.2, 0.25) is 0 Å². The van der Waals surface area contributed by atoms with Crippen molar-refractivity contribution in [2.75, 3.05) is 6.61 Å². The van der Waals surface area contributed by atoms with Crippen molar-refractivity contribution < 1.29 is 28.2 Å². The Morgan fingerprint density at radius 1 is 1.24 bits per heavy atom. The monoisotopic (exact) mass is 464 g/mol. The van der Waals surface area contributed by atoms with E-state index in [1.807, 2.05) is 0 Å². The Morgan fingerprint density at radius 2 is 2.00 bits per heavy atom. The third-order valence-electron chi connectivity index (χ3n) is 5.20. The van der Waals surface area contributed by atoms with Crippen LogP contribution < -0.4 is 10.3 Å². The molecule has 1 aromatic carbocycles. The highest BCUT2D eigenvalue weighted by molar-refractivity contribution is 6.01. The maximum absolute atomic E-state index is 13.4. The number of rotatable bonds is 5. The number of pyridine rings is 2. The lowest BCUT2D eigenvalue weighted by molar-refractivity contribution is 0.0521. The van der Waals surface area contributed by atoms with Crippen LogP contribution in [-0.4, -0.2) is 37.4 Å². The van der Waals surface area contributed by atoms with Gasteiger partial charge in [0, 0.05) is 25.1 Å². The zero-order chi connectivity index (χ0) is 24.0. The standard InChI is InChI=1S/C23H17FN4O6/c1-3-32-23(31)16-19(29)17-18-20(13(9-25-17)8-12-4-6-14(24)7-5-12)34-15(10-28(18)22(16)30)21-27-26-11(2)33-21/h4-7,9-10,29H,3,8H2,1-2H3. The van der Waals surface area contributed by atoms with Crippen molar-refractivity contribution >= 4 is 29.0 Å². The highest BCUT2D eigenvalue weighted by Crippen LogP contribution is 2.39. The van der Waals surface area contributed by atoms with Gasteiger partial charge in [0.15, 0.2) is 17.1 Å². The molecule has 0 radical (unpaired) electrons. The fourth-order valence-electron chi connectivity index (χ4n) is 3.68. The highest BCUT2D eigenvalue weighted by atomic mass is 19.1. The van der Waals surface area contributed by atoms with Crippen LogP contribution in [0, 0.1) is 12.7 Å². The number of hydrogen-bond acceptors (Lipinski definition) is 9. The molecular weight excluding hydrogens is 447 g/mol. The molecule has 0 saturated heterocycles. The lowest BCUT2D eigenvalue weighted by Gasteiger charge is -2.22. The minimum absolute atomic E-state index is 0.0104. The van der Waals surface area contributed by atoms with E-state index in [2.05, 4.69) is 15.2 Å². The number of hydrogen-bond donors (Lipinski definition) is 1. The van der Waals surface area contributed by atoms with Crippen LogP contribution in [0.25, 0.3) is 23.0 Å². The minimum atomic E-state index is -0.982. The van der Waals surface area contributed by atoms with Gasteiger partial charge in [-0.2, -0.15) is 0 Å². The van der Waals surface area contributed by atoms with E-state index in [9.17, 15) is 19.1 Å². The molecule has 0 unspecified atom stereocenters. The summed E-state index contributed by atoms with van der Waals surface area (Å²) >= 11 is 0. The van der Waals surface area contributed by atoms with Crippen LogP contribution in [0.3, 0.4) is 0 Å². The Kier molecular flexibility index (Phi) is 5.08. The third kappa shape index (κ3) is 3.47. The summed E-state index contributed by atoms with van der Waals surface area (Å²) in [6.45, 7) is 3.19. The fraction of sp³-hybridized carbons (Fsp3) is 0.174. The average Bonchev–Trinajstić information content (AvgIpc) is 3.26. The molecule has 0 atom stereocenters. The van der Waals surface area contributed by atoms with E-state index in [4.69, 9.17) is 13.9 Å². The number of esters is 1. The molecule has 0 bridgehead atoms. The number of ether oxygens (including phenoxy) is 2. The van der Waals surface area contributed by atoms with Crippen molar-refractivity contribution in [1.29, 1.82) is 0 Å². The smallest absolute Gasteiger partial charge is 0.347 e. The zero-order valence-corrected chi connectivity index (χ0v) is 18.0. The van der Waals surface area contributed by atoms with Crippen LogP contribution in [0.15, 0.2) is 39.7 Å². The Labute approximate surface area is 190 Å². The molecule has 1 aliphatic rings. The molecule has 34 heavy (non-hydrogen) atoms. The maximum Gasteiger partial charge on any atom is 0.347 e. The van der Waals surface area contributed by atoms with E-state index in [1.165, 1.54) is 24.5 Å². The van der Waals surface area contributed by atoms with E-state index >= 15 is 0 Å². The highest BCUT2D eigenvalue weighted by Gasteiger charge is 2.31. The lowest BCUT2D eigenvalue weighted by atomic mass is 10.0. The topological polar surface area (TPSA) is 130 Å². The van der Waals surface area contributed by atoms with E-state index in [0.717, 1.165) is 10.1 Å².